The first-order chi connectivity index (χ1) is 16.7. The quantitative estimate of drug-likeness (QED) is 0.442. The van der Waals surface area contributed by atoms with Crippen LogP contribution in [-0.2, 0) is 11.3 Å². The van der Waals surface area contributed by atoms with Gasteiger partial charge < -0.3 is 5.32 Å². The van der Waals surface area contributed by atoms with Gasteiger partial charge in [-0.25, -0.2) is 15.0 Å². The lowest BCUT2D eigenvalue weighted by Crippen LogP contribution is -2.48. The van der Waals surface area contributed by atoms with Crippen molar-refractivity contribution in [2.24, 2.45) is 0 Å². The van der Waals surface area contributed by atoms with Crippen LogP contribution in [0.3, 0.4) is 0 Å². The van der Waals surface area contributed by atoms with Gasteiger partial charge in [-0.05, 0) is 17.7 Å². The van der Waals surface area contributed by atoms with Crippen molar-refractivity contribution in [3.8, 4) is 22.2 Å². The average Bonchev–Trinajstić information content (AvgIpc) is 3.41. The fourth-order valence-corrected chi connectivity index (χ4v) is 4.51. The van der Waals surface area contributed by atoms with Crippen molar-refractivity contribution in [2.45, 2.75) is 6.54 Å². The molecule has 8 nitrogen and oxygen atoms in total. The molecule has 34 heavy (non-hydrogen) atoms. The van der Waals surface area contributed by atoms with E-state index in [1.807, 2.05) is 29.6 Å². The lowest BCUT2D eigenvalue weighted by atomic mass is 10.2. The van der Waals surface area contributed by atoms with Crippen LogP contribution in [0.2, 0.25) is 0 Å². The summed E-state index contributed by atoms with van der Waals surface area (Å²) in [5, 5.41) is 5.62. The Morgan fingerprint density at radius 1 is 0.882 bits per heavy atom. The molecule has 0 saturated carbocycles. The van der Waals surface area contributed by atoms with Crippen LogP contribution in [0.25, 0.3) is 22.2 Å². The summed E-state index contributed by atoms with van der Waals surface area (Å²) < 4.78 is 0. The largest absolute Gasteiger partial charge is 0.309 e. The SMILES string of the molecule is O=C(CN1CCN(Cc2ccccc2)CC1)Nc1cc(-c2nccs2)nc(-c2ccccn2)n1. The van der Waals surface area contributed by atoms with Crippen LogP contribution >= 0.6 is 11.3 Å². The molecule has 1 saturated heterocycles. The van der Waals surface area contributed by atoms with Gasteiger partial charge >= 0.3 is 0 Å². The first-order valence-corrected chi connectivity index (χ1v) is 12.1. The standard InChI is InChI=1S/C25H25N7OS/c33-23(18-32-13-11-31(12-14-32)17-19-6-2-1-3-7-19)29-22-16-21(25-27-10-15-34-25)28-24(30-22)20-8-4-5-9-26-20/h1-10,15-16H,11-14,17-18H2,(H,28,29,30,33). The molecule has 0 radical (unpaired) electrons. The Morgan fingerprint density at radius 2 is 1.68 bits per heavy atom. The maximum Gasteiger partial charge on any atom is 0.239 e. The number of piperazine rings is 1. The van der Waals surface area contributed by atoms with E-state index < -0.39 is 0 Å². The number of rotatable bonds is 7. The Kier molecular flexibility index (Phi) is 6.94. The molecule has 172 valence electrons. The second-order valence-electron chi connectivity index (χ2n) is 8.10. The maximum absolute atomic E-state index is 12.8. The number of aromatic nitrogens is 4. The molecule has 1 aromatic carbocycles. The van der Waals surface area contributed by atoms with Crippen molar-refractivity contribution in [3.05, 3.63) is 77.9 Å². The number of benzene rings is 1. The van der Waals surface area contributed by atoms with E-state index in [0.29, 0.717) is 29.6 Å². The topological polar surface area (TPSA) is 87.1 Å². The molecule has 1 N–H and O–H groups in total. The monoisotopic (exact) mass is 471 g/mol. The molecule has 3 aromatic heterocycles. The third-order valence-electron chi connectivity index (χ3n) is 5.62. The van der Waals surface area contributed by atoms with Gasteiger partial charge in [0.1, 0.15) is 22.2 Å². The van der Waals surface area contributed by atoms with Crippen molar-refractivity contribution >= 4 is 23.1 Å². The molecule has 4 heterocycles. The van der Waals surface area contributed by atoms with Gasteiger partial charge in [0, 0.05) is 56.6 Å². The second-order valence-corrected chi connectivity index (χ2v) is 8.99. The molecule has 1 aliphatic rings. The lowest BCUT2D eigenvalue weighted by molar-refractivity contribution is -0.117. The van der Waals surface area contributed by atoms with Crippen LogP contribution in [-0.4, -0.2) is 68.4 Å². The van der Waals surface area contributed by atoms with Crippen molar-refractivity contribution in [1.82, 2.24) is 29.7 Å². The number of thiazole rings is 1. The number of nitrogens with zero attached hydrogens (tertiary/aromatic N) is 6. The minimum Gasteiger partial charge on any atom is -0.309 e. The van der Waals surface area contributed by atoms with E-state index >= 15 is 0 Å². The molecule has 0 bridgehead atoms. The summed E-state index contributed by atoms with van der Waals surface area (Å²) in [6, 6.07) is 17.8. The van der Waals surface area contributed by atoms with Gasteiger partial charge in [0.05, 0.1) is 6.54 Å². The van der Waals surface area contributed by atoms with E-state index in [4.69, 9.17) is 0 Å². The normalized spacial score (nSPS) is 14.7. The predicted molar refractivity (Wildman–Crippen MR) is 133 cm³/mol. The summed E-state index contributed by atoms with van der Waals surface area (Å²) in [7, 11) is 0. The lowest BCUT2D eigenvalue weighted by Gasteiger charge is -2.34. The van der Waals surface area contributed by atoms with Crippen LogP contribution in [0.1, 0.15) is 5.56 Å². The molecule has 0 atom stereocenters. The molecule has 5 rings (SSSR count). The second kappa shape index (κ2) is 10.6. The van der Waals surface area contributed by atoms with E-state index in [9.17, 15) is 4.79 Å². The van der Waals surface area contributed by atoms with E-state index in [-0.39, 0.29) is 5.91 Å². The summed E-state index contributed by atoms with van der Waals surface area (Å²) in [5.74, 6) is 0.818. The van der Waals surface area contributed by atoms with Gasteiger partial charge in [-0.2, -0.15) is 0 Å². The fraction of sp³-hybridized carbons (Fsp3) is 0.240. The van der Waals surface area contributed by atoms with Gasteiger partial charge in [0.15, 0.2) is 5.82 Å². The third kappa shape index (κ3) is 5.69. The summed E-state index contributed by atoms with van der Waals surface area (Å²) in [6.45, 7) is 4.86. The first-order valence-electron chi connectivity index (χ1n) is 11.2. The van der Waals surface area contributed by atoms with Gasteiger partial charge in [0.2, 0.25) is 5.91 Å². The van der Waals surface area contributed by atoms with E-state index in [1.165, 1.54) is 16.9 Å². The molecule has 0 spiro atoms. The van der Waals surface area contributed by atoms with E-state index in [2.05, 4.69) is 59.3 Å². The minimum atomic E-state index is -0.0905. The summed E-state index contributed by atoms with van der Waals surface area (Å²) in [6.07, 6.45) is 3.43. The highest BCUT2D eigenvalue weighted by Gasteiger charge is 2.20. The number of amides is 1. The van der Waals surface area contributed by atoms with Gasteiger partial charge in [-0.15, -0.1) is 11.3 Å². The summed E-state index contributed by atoms with van der Waals surface area (Å²) in [5.41, 5.74) is 2.62. The molecule has 1 amide bonds. The molecule has 1 aliphatic heterocycles. The van der Waals surface area contributed by atoms with Crippen molar-refractivity contribution in [2.75, 3.05) is 38.0 Å². The smallest absolute Gasteiger partial charge is 0.239 e. The molecule has 0 aliphatic carbocycles. The highest BCUT2D eigenvalue weighted by Crippen LogP contribution is 2.25. The van der Waals surface area contributed by atoms with Crippen molar-refractivity contribution in [1.29, 1.82) is 0 Å². The van der Waals surface area contributed by atoms with Gasteiger partial charge in [0.25, 0.3) is 0 Å². The number of hydrogen-bond donors (Lipinski definition) is 1. The zero-order valence-corrected chi connectivity index (χ0v) is 19.5. The minimum absolute atomic E-state index is 0.0905. The molecular formula is C25H25N7OS. The Hall–Kier alpha value is -3.53. The number of nitrogens with one attached hydrogen (secondary N) is 1. The Morgan fingerprint density at radius 3 is 2.41 bits per heavy atom. The van der Waals surface area contributed by atoms with Crippen molar-refractivity contribution < 1.29 is 4.79 Å². The zero-order valence-electron chi connectivity index (χ0n) is 18.7. The average molecular weight is 472 g/mol. The van der Waals surface area contributed by atoms with Crippen molar-refractivity contribution in [3.63, 3.8) is 0 Å². The van der Waals surface area contributed by atoms with E-state index in [1.54, 1.807) is 18.5 Å². The Bertz CT molecular complexity index is 1210. The van der Waals surface area contributed by atoms with E-state index in [0.717, 1.165) is 37.7 Å². The van der Waals surface area contributed by atoms with Crippen LogP contribution < -0.4 is 5.32 Å². The van der Waals surface area contributed by atoms with Gasteiger partial charge in [-0.1, -0.05) is 36.4 Å². The third-order valence-corrected chi connectivity index (χ3v) is 6.42. The highest BCUT2D eigenvalue weighted by molar-refractivity contribution is 7.13. The Labute approximate surface area is 202 Å². The first kappa shape index (κ1) is 22.3. The van der Waals surface area contributed by atoms with Crippen LogP contribution in [0.4, 0.5) is 5.82 Å². The Balaban J connectivity index is 1.23. The summed E-state index contributed by atoms with van der Waals surface area (Å²) >= 11 is 1.49. The number of carbonyl (C=O) groups excluding carboxylic acids is 1. The highest BCUT2D eigenvalue weighted by atomic mass is 32.1. The molecular weight excluding hydrogens is 446 g/mol. The number of pyridine rings is 1. The summed E-state index contributed by atoms with van der Waals surface area (Å²) in [4.78, 5) is 35.3. The molecule has 9 heteroatoms. The number of anilines is 1. The fourth-order valence-electron chi connectivity index (χ4n) is 3.91. The van der Waals surface area contributed by atoms with Crippen LogP contribution in [0, 0.1) is 0 Å². The zero-order chi connectivity index (χ0) is 23.2. The molecule has 0 unspecified atom stereocenters. The number of carbonyl (C=O) groups is 1. The predicted octanol–water partition coefficient (Wildman–Crippen LogP) is 3.42. The molecule has 1 fully saturated rings. The molecule has 4 aromatic rings. The number of hydrogen-bond acceptors (Lipinski definition) is 8. The van der Waals surface area contributed by atoms with Crippen LogP contribution in [0.5, 0.6) is 0 Å². The van der Waals surface area contributed by atoms with Crippen LogP contribution in [0.15, 0.2) is 72.4 Å². The van der Waals surface area contributed by atoms with Gasteiger partial charge in [-0.3, -0.25) is 19.6 Å². The maximum atomic E-state index is 12.8.